The molecule has 1 heterocycles. The molecule has 0 saturated heterocycles. The van der Waals surface area contributed by atoms with E-state index in [1.165, 1.54) is 0 Å². The monoisotopic (exact) mass is 272 g/mol. The van der Waals surface area contributed by atoms with Gasteiger partial charge < -0.3 is 11.1 Å². The van der Waals surface area contributed by atoms with E-state index in [1.54, 1.807) is 6.20 Å². The van der Waals surface area contributed by atoms with Crippen LogP contribution in [-0.2, 0) is 11.3 Å². The zero-order valence-electron chi connectivity index (χ0n) is 11.6. The molecule has 1 unspecified atom stereocenters. The number of aryl methyl sites for hydroxylation is 1. The van der Waals surface area contributed by atoms with Crippen LogP contribution in [0.5, 0.6) is 0 Å². The van der Waals surface area contributed by atoms with Crippen molar-refractivity contribution in [1.29, 1.82) is 0 Å². The molecule has 0 spiro atoms. The van der Waals surface area contributed by atoms with Crippen LogP contribution in [0.15, 0.2) is 36.5 Å². The summed E-state index contributed by atoms with van der Waals surface area (Å²) in [5.74, 6) is 0.0111. The zero-order valence-corrected chi connectivity index (χ0v) is 11.6. The number of aromatic amines is 1. The van der Waals surface area contributed by atoms with Gasteiger partial charge in [-0.15, -0.1) is 0 Å². The summed E-state index contributed by atoms with van der Waals surface area (Å²) < 4.78 is 0. The van der Waals surface area contributed by atoms with Gasteiger partial charge in [0, 0.05) is 30.3 Å². The maximum Gasteiger partial charge on any atom is 0.220 e. The van der Waals surface area contributed by atoms with Crippen molar-refractivity contribution in [2.45, 2.75) is 32.4 Å². The van der Waals surface area contributed by atoms with Crippen LogP contribution in [0.3, 0.4) is 0 Å². The predicted molar refractivity (Wildman–Crippen MR) is 77.8 cm³/mol. The first kappa shape index (κ1) is 14.3. The maximum absolute atomic E-state index is 11.8. The number of aromatic nitrogens is 2. The quantitative estimate of drug-likeness (QED) is 0.750. The van der Waals surface area contributed by atoms with E-state index >= 15 is 0 Å². The number of H-pyrrole nitrogens is 1. The van der Waals surface area contributed by atoms with E-state index in [2.05, 4.69) is 15.5 Å². The highest BCUT2D eigenvalue weighted by atomic mass is 16.1. The smallest absolute Gasteiger partial charge is 0.220 e. The zero-order chi connectivity index (χ0) is 14.4. The number of nitrogens with two attached hydrogens (primary N) is 1. The first-order valence-corrected chi connectivity index (χ1v) is 6.73. The third-order valence-electron chi connectivity index (χ3n) is 3.32. The third kappa shape index (κ3) is 3.93. The van der Waals surface area contributed by atoms with Crippen molar-refractivity contribution in [2.24, 2.45) is 5.73 Å². The molecule has 106 valence electrons. The van der Waals surface area contributed by atoms with Crippen LogP contribution in [0.4, 0.5) is 0 Å². The second kappa shape index (κ2) is 6.86. The van der Waals surface area contributed by atoms with Gasteiger partial charge in [0.25, 0.3) is 0 Å². The molecule has 2 aromatic rings. The van der Waals surface area contributed by atoms with Gasteiger partial charge in [-0.3, -0.25) is 9.89 Å². The molecule has 0 bridgehead atoms. The summed E-state index contributed by atoms with van der Waals surface area (Å²) in [7, 11) is 0. The van der Waals surface area contributed by atoms with Crippen molar-refractivity contribution < 1.29 is 4.79 Å². The highest BCUT2D eigenvalue weighted by molar-refractivity contribution is 5.75. The Bertz CT molecular complexity index is 550. The molecule has 20 heavy (non-hydrogen) atoms. The molecule has 0 saturated carbocycles. The lowest BCUT2D eigenvalue weighted by Gasteiger charge is -2.11. The number of benzene rings is 1. The molecule has 0 fully saturated rings. The first-order chi connectivity index (χ1) is 9.66. The standard InChI is InChI=1S/C15H20N4O/c1-11-13(10-18-19-11)9-17-15(20)8-7-14(16)12-5-3-2-4-6-12/h2-6,10,14H,7-9,16H2,1H3,(H,17,20)(H,18,19). The highest BCUT2D eigenvalue weighted by Gasteiger charge is 2.09. The van der Waals surface area contributed by atoms with Crippen LogP contribution >= 0.6 is 0 Å². The van der Waals surface area contributed by atoms with Gasteiger partial charge in [0.15, 0.2) is 0 Å². The summed E-state index contributed by atoms with van der Waals surface area (Å²) in [4.78, 5) is 11.8. The molecule has 1 amide bonds. The number of hydrogen-bond donors (Lipinski definition) is 3. The van der Waals surface area contributed by atoms with E-state index in [4.69, 9.17) is 5.73 Å². The van der Waals surface area contributed by atoms with Crippen LogP contribution in [0, 0.1) is 6.92 Å². The molecule has 5 nitrogen and oxygen atoms in total. The van der Waals surface area contributed by atoms with Crippen molar-refractivity contribution in [3.05, 3.63) is 53.3 Å². The van der Waals surface area contributed by atoms with Crippen molar-refractivity contribution >= 4 is 5.91 Å². The predicted octanol–water partition coefficient (Wildman–Crippen LogP) is 1.81. The lowest BCUT2D eigenvalue weighted by Crippen LogP contribution is -2.24. The van der Waals surface area contributed by atoms with Crippen molar-refractivity contribution in [1.82, 2.24) is 15.5 Å². The Morgan fingerprint density at radius 1 is 1.40 bits per heavy atom. The molecule has 5 heteroatoms. The first-order valence-electron chi connectivity index (χ1n) is 6.73. The second-order valence-electron chi connectivity index (χ2n) is 4.85. The van der Waals surface area contributed by atoms with Gasteiger partial charge in [0.1, 0.15) is 0 Å². The molecular formula is C15H20N4O. The number of hydrogen-bond acceptors (Lipinski definition) is 3. The van der Waals surface area contributed by atoms with Crippen molar-refractivity contribution in [2.75, 3.05) is 0 Å². The number of nitrogens with one attached hydrogen (secondary N) is 2. The van der Waals surface area contributed by atoms with Crippen LogP contribution in [0.2, 0.25) is 0 Å². The van der Waals surface area contributed by atoms with Gasteiger partial charge >= 0.3 is 0 Å². The Balaban J connectivity index is 1.74. The van der Waals surface area contributed by atoms with Crippen LogP contribution in [-0.4, -0.2) is 16.1 Å². The summed E-state index contributed by atoms with van der Waals surface area (Å²) in [6.45, 7) is 2.43. The number of carbonyl (C=O) groups is 1. The summed E-state index contributed by atoms with van der Waals surface area (Å²) in [6.07, 6.45) is 2.79. The summed E-state index contributed by atoms with van der Waals surface area (Å²) in [6, 6.07) is 9.73. The molecular weight excluding hydrogens is 252 g/mol. The average Bonchev–Trinajstić information content (AvgIpc) is 2.89. The summed E-state index contributed by atoms with van der Waals surface area (Å²) in [5.41, 5.74) is 9.11. The Morgan fingerprint density at radius 3 is 2.80 bits per heavy atom. The highest BCUT2D eigenvalue weighted by Crippen LogP contribution is 2.14. The van der Waals surface area contributed by atoms with E-state index in [0.717, 1.165) is 16.8 Å². The fraction of sp³-hybridized carbons (Fsp3) is 0.333. The molecule has 0 radical (unpaired) electrons. The Morgan fingerprint density at radius 2 is 2.15 bits per heavy atom. The number of amides is 1. The largest absolute Gasteiger partial charge is 0.352 e. The Kier molecular flexibility index (Phi) is 4.90. The molecule has 1 atom stereocenters. The number of rotatable bonds is 6. The van der Waals surface area contributed by atoms with E-state index < -0.39 is 0 Å². The maximum atomic E-state index is 11.8. The minimum atomic E-state index is -0.0994. The number of nitrogens with zero attached hydrogens (tertiary/aromatic N) is 1. The molecule has 0 aliphatic heterocycles. The third-order valence-corrected chi connectivity index (χ3v) is 3.32. The topological polar surface area (TPSA) is 83.8 Å². The lowest BCUT2D eigenvalue weighted by atomic mass is 10.0. The van der Waals surface area contributed by atoms with Gasteiger partial charge in [-0.25, -0.2) is 0 Å². The molecule has 1 aromatic carbocycles. The average molecular weight is 272 g/mol. The lowest BCUT2D eigenvalue weighted by molar-refractivity contribution is -0.121. The van der Waals surface area contributed by atoms with Gasteiger partial charge in [0.05, 0.1) is 6.20 Å². The summed E-state index contributed by atoms with van der Waals surface area (Å²) in [5, 5.41) is 9.64. The normalized spacial score (nSPS) is 12.1. The molecule has 0 aliphatic rings. The molecule has 0 aliphatic carbocycles. The minimum Gasteiger partial charge on any atom is -0.352 e. The molecule has 1 aromatic heterocycles. The van der Waals surface area contributed by atoms with Crippen LogP contribution in [0.25, 0.3) is 0 Å². The van der Waals surface area contributed by atoms with Crippen molar-refractivity contribution in [3.63, 3.8) is 0 Å². The number of carbonyl (C=O) groups excluding carboxylic acids is 1. The fourth-order valence-corrected chi connectivity index (χ4v) is 1.99. The Labute approximate surface area is 118 Å². The second-order valence-corrected chi connectivity index (χ2v) is 4.85. The minimum absolute atomic E-state index is 0.0111. The van der Waals surface area contributed by atoms with E-state index in [1.807, 2.05) is 37.3 Å². The van der Waals surface area contributed by atoms with Crippen LogP contribution in [0.1, 0.15) is 35.7 Å². The Hall–Kier alpha value is -2.14. The van der Waals surface area contributed by atoms with E-state index in [0.29, 0.717) is 19.4 Å². The SMILES string of the molecule is Cc1[nH]ncc1CNC(=O)CCC(N)c1ccccc1. The van der Waals surface area contributed by atoms with Gasteiger partial charge in [-0.2, -0.15) is 5.10 Å². The van der Waals surface area contributed by atoms with Gasteiger partial charge in [-0.1, -0.05) is 30.3 Å². The molecule has 4 N–H and O–H groups in total. The fourth-order valence-electron chi connectivity index (χ4n) is 1.99. The summed E-state index contributed by atoms with van der Waals surface area (Å²) >= 11 is 0. The van der Waals surface area contributed by atoms with Gasteiger partial charge in [-0.05, 0) is 18.9 Å². The molecule has 2 rings (SSSR count). The van der Waals surface area contributed by atoms with E-state index in [9.17, 15) is 4.79 Å². The van der Waals surface area contributed by atoms with Crippen molar-refractivity contribution in [3.8, 4) is 0 Å². The van der Waals surface area contributed by atoms with E-state index in [-0.39, 0.29) is 11.9 Å². The van der Waals surface area contributed by atoms with Gasteiger partial charge in [0.2, 0.25) is 5.91 Å². The van der Waals surface area contributed by atoms with Crippen LogP contribution < -0.4 is 11.1 Å².